The molecule has 3 aliphatic heterocycles. The molecule has 0 aliphatic carbocycles. The number of carbonyl (C=O) groups is 2. The van der Waals surface area contributed by atoms with Gasteiger partial charge in [0.05, 0.1) is 31.0 Å². The summed E-state index contributed by atoms with van der Waals surface area (Å²) in [6, 6.07) is 1.17. The van der Waals surface area contributed by atoms with Crippen molar-refractivity contribution in [3.8, 4) is 0 Å². The Balaban J connectivity index is 1.67. The van der Waals surface area contributed by atoms with E-state index in [-0.39, 0.29) is 43.7 Å². The van der Waals surface area contributed by atoms with Gasteiger partial charge in [-0.2, -0.15) is 9.40 Å². The van der Waals surface area contributed by atoms with Gasteiger partial charge in [0, 0.05) is 58.6 Å². The summed E-state index contributed by atoms with van der Waals surface area (Å²) in [4.78, 5) is 30.7. The van der Waals surface area contributed by atoms with Crippen molar-refractivity contribution in [2.45, 2.75) is 32.4 Å². The molecule has 1 aromatic rings. The number of ether oxygens (including phenoxy) is 2. The topological polar surface area (TPSA) is 114 Å². The Hall–Kier alpha value is -2.02. The normalized spacial score (nSPS) is 27.9. The molecule has 1 aromatic heterocycles. The first-order valence-electron chi connectivity index (χ1n) is 11.5. The molecule has 33 heavy (non-hydrogen) atoms. The molecule has 0 radical (unpaired) electrons. The van der Waals surface area contributed by atoms with Crippen LogP contribution in [0.3, 0.4) is 0 Å². The minimum atomic E-state index is -3.52. The maximum atomic E-state index is 14.0. The van der Waals surface area contributed by atoms with Gasteiger partial charge in [-0.1, -0.05) is 0 Å². The summed E-state index contributed by atoms with van der Waals surface area (Å²) in [6.07, 6.45) is 2.33. The van der Waals surface area contributed by atoms with Crippen molar-refractivity contribution in [1.82, 2.24) is 23.9 Å². The van der Waals surface area contributed by atoms with E-state index < -0.39 is 21.5 Å². The number of likely N-dealkylation sites (tertiary alicyclic amines) is 1. The first-order valence-corrected chi connectivity index (χ1v) is 13.1. The lowest BCUT2D eigenvalue weighted by molar-refractivity contribution is -0.154. The van der Waals surface area contributed by atoms with Crippen LogP contribution in [0.4, 0.5) is 0 Å². The number of nitrogens with zero attached hydrogens (tertiary/aromatic N) is 5. The zero-order valence-electron chi connectivity index (χ0n) is 19.3. The molecular formula is C21H33N5O6S. The quantitative estimate of drug-likeness (QED) is 0.543. The molecule has 184 valence electrons. The van der Waals surface area contributed by atoms with Crippen molar-refractivity contribution in [2.75, 3.05) is 65.4 Å². The smallest absolute Gasteiger partial charge is 0.274 e. The number of morpholine rings is 1. The number of carbonyl (C=O) groups excluding carboxylic acids is 2. The van der Waals surface area contributed by atoms with Gasteiger partial charge in [0.25, 0.3) is 5.91 Å². The Morgan fingerprint density at radius 2 is 2.00 bits per heavy atom. The third-order valence-corrected chi connectivity index (χ3v) is 8.88. The molecule has 2 atom stereocenters. The molecule has 11 nitrogen and oxygen atoms in total. The largest absolute Gasteiger partial charge is 0.383 e. The van der Waals surface area contributed by atoms with Crippen molar-refractivity contribution >= 4 is 21.8 Å². The van der Waals surface area contributed by atoms with E-state index in [0.29, 0.717) is 51.5 Å². The molecule has 0 saturated carbocycles. The van der Waals surface area contributed by atoms with Gasteiger partial charge in [0.15, 0.2) is 0 Å². The van der Waals surface area contributed by atoms with E-state index in [0.717, 1.165) is 0 Å². The van der Waals surface area contributed by atoms with Crippen LogP contribution in [0.25, 0.3) is 0 Å². The van der Waals surface area contributed by atoms with Crippen molar-refractivity contribution in [3.05, 3.63) is 18.0 Å². The van der Waals surface area contributed by atoms with E-state index in [4.69, 9.17) is 9.47 Å². The predicted octanol–water partition coefficient (Wildman–Crippen LogP) is -0.355. The van der Waals surface area contributed by atoms with Crippen LogP contribution in [0.1, 0.15) is 30.3 Å². The van der Waals surface area contributed by atoms with Crippen molar-refractivity contribution in [2.24, 2.45) is 5.41 Å². The summed E-state index contributed by atoms with van der Waals surface area (Å²) in [5.74, 6) is -0.452. The maximum Gasteiger partial charge on any atom is 0.274 e. The van der Waals surface area contributed by atoms with Crippen molar-refractivity contribution in [3.63, 3.8) is 0 Å². The monoisotopic (exact) mass is 483 g/mol. The lowest BCUT2D eigenvalue weighted by Crippen LogP contribution is -2.69. The molecule has 3 fully saturated rings. The number of hydrogen-bond acceptors (Lipinski definition) is 7. The number of methoxy groups -OCH3 is 1. The average molecular weight is 484 g/mol. The molecule has 0 spiro atoms. The van der Waals surface area contributed by atoms with Crippen LogP contribution in [-0.2, 0) is 30.8 Å². The summed E-state index contributed by atoms with van der Waals surface area (Å²) in [5.41, 5.74) is -0.665. The standard InChI is InChI=1S/C21H33N5O6S/c1-3-25-8-4-17(22-25)19(27)24-7-5-18-21(16-24,20(28)23-9-13-32-14-10-23)6-15-33(29,30)26(18)11-12-31-2/h4,8,18H,3,5-7,9-16H2,1-2H3/t18-,21+/m1/s1. The molecule has 4 rings (SSSR count). The third kappa shape index (κ3) is 4.53. The Morgan fingerprint density at radius 1 is 1.24 bits per heavy atom. The second kappa shape index (κ2) is 9.69. The molecule has 0 bridgehead atoms. The van der Waals surface area contributed by atoms with Gasteiger partial charge in [-0.15, -0.1) is 0 Å². The van der Waals surface area contributed by atoms with Gasteiger partial charge in [-0.25, -0.2) is 8.42 Å². The van der Waals surface area contributed by atoms with Crippen LogP contribution >= 0.6 is 0 Å². The van der Waals surface area contributed by atoms with Gasteiger partial charge in [0.1, 0.15) is 5.69 Å². The summed E-state index contributed by atoms with van der Waals surface area (Å²) in [5, 5.41) is 4.33. The molecule has 0 N–H and O–H groups in total. The van der Waals surface area contributed by atoms with E-state index in [1.54, 1.807) is 26.7 Å². The number of aryl methyl sites for hydroxylation is 1. The maximum absolute atomic E-state index is 14.0. The number of amides is 2. The van der Waals surface area contributed by atoms with E-state index in [1.165, 1.54) is 11.4 Å². The lowest BCUT2D eigenvalue weighted by Gasteiger charge is -2.54. The van der Waals surface area contributed by atoms with Crippen LogP contribution in [0.2, 0.25) is 0 Å². The fraction of sp³-hybridized carbons (Fsp3) is 0.762. The minimum absolute atomic E-state index is 0.0929. The summed E-state index contributed by atoms with van der Waals surface area (Å²) in [7, 11) is -1.99. The third-order valence-electron chi connectivity index (χ3n) is 7.01. The van der Waals surface area contributed by atoms with Crippen LogP contribution in [-0.4, -0.2) is 116 Å². The summed E-state index contributed by atoms with van der Waals surface area (Å²) < 4.78 is 39.7. The van der Waals surface area contributed by atoms with Gasteiger partial charge in [-0.05, 0) is 25.8 Å². The number of hydrogen-bond donors (Lipinski definition) is 0. The highest BCUT2D eigenvalue weighted by atomic mass is 32.2. The second-order valence-electron chi connectivity index (χ2n) is 8.82. The Kier molecular flexibility index (Phi) is 7.08. The van der Waals surface area contributed by atoms with Gasteiger partial charge in [0.2, 0.25) is 15.9 Å². The van der Waals surface area contributed by atoms with Crippen LogP contribution in [0.5, 0.6) is 0 Å². The van der Waals surface area contributed by atoms with E-state index in [2.05, 4.69) is 5.10 Å². The highest BCUT2D eigenvalue weighted by Gasteiger charge is 2.58. The number of sulfonamides is 1. The molecular weight excluding hydrogens is 450 g/mol. The number of aromatic nitrogens is 2. The molecule has 3 saturated heterocycles. The van der Waals surface area contributed by atoms with Crippen LogP contribution in [0.15, 0.2) is 12.3 Å². The highest BCUT2D eigenvalue weighted by molar-refractivity contribution is 7.89. The fourth-order valence-electron chi connectivity index (χ4n) is 5.23. The molecule has 2 amide bonds. The lowest BCUT2D eigenvalue weighted by atomic mass is 9.71. The molecule has 0 aromatic carbocycles. The molecule has 0 unspecified atom stereocenters. The Bertz CT molecular complexity index is 976. The predicted molar refractivity (Wildman–Crippen MR) is 119 cm³/mol. The van der Waals surface area contributed by atoms with Crippen LogP contribution < -0.4 is 0 Å². The zero-order chi connectivity index (χ0) is 23.6. The first-order chi connectivity index (χ1) is 15.8. The fourth-order valence-corrected chi connectivity index (χ4v) is 7.13. The minimum Gasteiger partial charge on any atom is -0.383 e. The van der Waals surface area contributed by atoms with Crippen LogP contribution in [0, 0.1) is 5.41 Å². The number of piperidine rings is 1. The van der Waals surface area contributed by atoms with E-state index >= 15 is 0 Å². The summed E-state index contributed by atoms with van der Waals surface area (Å²) >= 11 is 0. The number of rotatable bonds is 6. The second-order valence-corrected chi connectivity index (χ2v) is 10.9. The molecule has 4 heterocycles. The van der Waals surface area contributed by atoms with Crippen molar-refractivity contribution in [1.29, 1.82) is 0 Å². The van der Waals surface area contributed by atoms with Gasteiger partial charge >= 0.3 is 0 Å². The zero-order valence-corrected chi connectivity index (χ0v) is 20.1. The van der Waals surface area contributed by atoms with Gasteiger partial charge in [-0.3, -0.25) is 14.3 Å². The Labute approximate surface area is 194 Å². The average Bonchev–Trinajstić information content (AvgIpc) is 3.32. The summed E-state index contributed by atoms with van der Waals surface area (Å²) in [6.45, 7) is 5.40. The van der Waals surface area contributed by atoms with E-state index in [9.17, 15) is 18.0 Å². The highest BCUT2D eigenvalue weighted by Crippen LogP contribution is 2.44. The molecule has 3 aliphatic rings. The molecule has 12 heteroatoms. The first kappa shape index (κ1) is 24.1. The van der Waals surface area contributed by atoms with Crippen molar-refractivity contribution < 1.29 is 27.5 Å². The Morgan fingerprint density at radius 3 is 2.67 bits per heavy atom. The SMILES string of the molecule is CCn1ccc(C(=O)N2CC[C@H]3N(CCOC)S(=O)(=O)CC[C@]3(C(=O)N3CCOCC3)C2)n1. The van der Waals surface area contributed by atoms with Gasteiger partial charge < -0.3 is 19.3 Å². The van der Waals surface area contributed by atoms with E-state index in [1.807, 2.05) is 6.92 Å². The number of fused-ring (bicyclic) bond motifs is 1.